The molecule has 0 aliphatic rings. The second kappa shape index (κ2) is 11.3. The zero-order valence-corrected chi connectivity index (χ0v) is 20.2. The van der Waals surface area contributed by atoms with Gasteiger partial charge >= 0.3 is 5.97 Å². The zero-order valence-electron chi connectivity index (χ0n) is 20.2. The number of benzene rings is 2. The summed E-state index contributed by atoms with van der Waals surface area (Å²) in [4.78, 5) is 20.7. The van der Waals surface area contributed by atoms with Crippen molar-refractivity contribution < 1.29 is 27.4 Å². The molecule has 4 atom stereocenters. The Hall–Kier alpha value is -3.42. The van der Waals surface area contributed by atoms with Crippen LogP contribution in [0.15, 0.2) is 60.9 Å². The van der Waals surface area contributed by atoms with Gasteiger partial charge in [0.25, 0.3) is 0 Å². The van der Waals surface area contributed by atoms with E-state index in [0.29, 0.717) is 29.1 Å². The molecule has 3 rings (SSSR count). The van der Waals surface area contributed by atoms with Gasteiger partial charge in [-0.3, -0.25) is 0 Å². The Kier molecular flexibility index (Phi) is 8.48. The lowest BCUT2D eigenvalue weighted by molar-refractivity contribution is -0.146. The molecule has 0 N–H and O–H groups in total. The van der Waals surface area contributed by atoms with Crippen molar-refractivity contribution in [1.29, 1.82) is 0 Å². The fraction of sp³-hybridized carbons (Fsp3) is 0.370. The van der Waals surface area contributed by atoms with Crippen LogP contribution in [0.25, 0.3) is 22.5 Å². The maximum atomic E-state index is 14.2. The lowest BCUT2D eigenvalue weighted by atomic mass is 10.1. The molecule has 0 saturated heterocycles. The molecule has 0 aliphatic carbocycles. The Morgan fingerprint density at radius 3 is 2.20 bits per heavy atom. The molecule has 1 aromatic heterocycles. The summed E-state index contributed by atoms with van der Waals surface area (Å²) in [6, 6.07) is 13.5. The van der Waals surface area contributed by atoms with Crippen LogP contribution >= 0.6 is 0 Å². The van der Waals surface area contributed by atoms with Crippen LogP contribution in [0.4, 0.5) is 13.2 Å². The van der Waals surface area contributed by atoms with Gasteiger partial charge in [-0.2, -0.15) is 0 Å². The minimum absolute atomic E-state index is 0.0181. The standard InChI is InChI=1S/C27H29F3N2O3/c1-5-22(24(29)17(3)28)35-23-10-8-7-9-21(23)25-31-15-19(16-32-25)18-11-13-20(14-12-18)34-26(33)27(4,30)6-2/h7-17,22,24H,5-6H2,1-4H3. The molecule has 5 nitrogen and oxygen atoms in total. The van der Waals surface area contributed by atoms with E-state index in [4.69, 9.17) is 9.47 Å². The van der Waals surface area contributed by atoms with E-state index < -0.39 is 30.1 Å². The number of halogens is 3. The third-order valence-corrected chi connectivity index (χ3v) is 5.74. The smallest absolute Gasteiger partial charge is 0.348 e. The van der Waals surface area contributed by atoms with E-state index in [1.807, 2.05) is 0 Å². The molecular weight excluding hydrogens is 457 g/mol. The number of esters is 1. The van der Waals surface area contributed by atoms with E-state index in [9.17, 15) is 18.0 Å². The number of carbonyl (C=O) groups excluding carboxylic acids is 1. The highest BCUT2D eigenvalue weighted by molar-refractivity contribution is 5.81. The molecule has 0 spiro atoms. The molecule has 186 valence electrons. The molecule has 3 aromatic rings. The van der Waals surface area contributed by atoms with Crippen molar-refractivity contribution in [1.82, 2.24) is 9.97 Å². The number of carbonyl (C=O) groups is 1. The summed E-state index contributed by atoms with van der Waals surface area (Å²) in [5, 5.41) is 0. The van der Waals surface area contributed by atoms with Gasteiger partial charge in [0.05, 0.1) is 5.56 Å². The van der Waals surface area contributed by atoms with Gasteiger partial charge in [-0.15, -0.1) is 0 Å². The van der Waals surface area contributed by atoms with E-state index in [1.54, 1.807) is 74.8 Å². The quantitative estimate of drug-likeness (QED) is 0.236. The Labute approximate surface area is 203 Å². The van der Waals surface area contributed by atoms with Crippen LogP contribution in [0.3, 0.4) is 0 Å². The first-order valence-corrected chi connectivity index (χ1v) is 11.5. The maximum absolute atomic E-state index is 14.2. The van der Waals surface area contributed by atoms with E-state index in [2.05, 4.69) is 9.97 Å². The summed E-state index contributed by atoms with van der Waals surface area (Å²) in [5.74, 6) is 0.0365. The highest BCUT2D eigenvalue weighted by atomic mass is 19.2. The van der Waals surface area contributed by atoms with Crippen molar-refractivity contribution >= 4 is 5.97 Å². The lowest BCUT2D eigenvalue weighted by Gasteiger charge is -2.23. The minimum Gasteiger partial charge on any atom is -0.487 e. The van der Waals surface area contributed by atoms with Gasteiger partial charge in [-0.25, -0.2) is 27.9 Å². The number of aromatic nitrogens is 2. The SMILES string of the molecule is CCC(Oc1ccccc1-c1ncc(-c2ccc(OC(=O)C(C)(F)CC)cc2)cn1)C(F)C(C)F. The largest absolute Gasteiger partial charge is 0.487 e. The summed E-state index contributed by atoms with van der Waals surface area (Å²) in [7, 11) is 0. The van der Waals surface area contributed by atoms with Crippen LogP contribution in [0.5, 0.6) is 11.5 Å². The summed E-state index contributed by atoms with van der Waals surface area (Å²) < 4.78 is 52.7. The number of hydrogen-bond donors (Lipinski definition) is 0. The molecule has 0 saturated carbocycles. The van der Waals surface area contributed by atoms with Crippen molar-refractivity contribution in [2.24, 2.45) is 0 Å². The molecule has 0 aliphatic heterocycles. The Bertz CT molecular complexity index is 1120. The highest BCUT2D eigenvalue weighted by Gasteiger charge is 2.33. The van der Waals surface area contributed by atoms with Crippen LogP contribution in [-0.2, 0) is 4.79 Å². The van der Waals surface area contributed by atoms with E-state index >= 15 is 0 Å². The van der Waals surface area contributed by atoms with Gasteiger partial charge in [0.15, 0.2) is 12.0 Å². The van der Waals surface area contributed by atoms with Crippen LogP contribution in [0.2, 0.25) is 0 Å². The number of para-hydroxylation sites is 1. The minimum atomic E-state index is -2.05. The number of hydrogen-bond acceptors (Lipinski definition) is 5. The molecule has 4 unspecified atom stereocenters. The van der Waals surface area contributed by atoms with E-state index in [-0.39, 0.29) is 12.2 Å². The molecule has 1 heterocycles. The first-order chi connectivity index (χ1) is 16.7. The van der Waals surface area contributed by atoms with Crippen LogP contribution in [-0.4, -0.2) is 40.1 Å². The van der Waals surface area contributed by atoms with Crippen LogP contribution < -0.4 is 9.47 Å². The number of nitrogens with zero attached hydrogens (tertiary/aromatic N) is 2. The molecule has 35 heavy (non-hydrogen) atoms. The van der Waals surface area contributed by atoms with Gasteiger partial charge in [-0.1, -0.05) is 38.1 Å². The van der Waals surface area contributed by atoms with Gasteiger partial charge in [-0.05, 0) is 56.5 Å². The maximum Gasteiger partial charge on any atom is 0.348 e. The summed E-state index contributed by atoms with van der Waals surface area (Å²) >= 11 is 0. The number of alkyl halides is 3. The Balaban J connectivity index is 1.77. The summed E-state index contributed by atoms with van der Waals surface area (Å²) in [5.41, 5.74) is -0.0175. The third kappa shape index (κ3) is 6.38. The lowest BCUT2D eigenvalue weighted by Crippen LogP contribution is -2.34. The van der Waals surface area contributed by atoms with Crippen molar-refractivity contribution in [3.63, 3.8) is 0 Å². The van der Waals surface area contributed by atoms with Crippen LogP contribution in [0, 0.1) is 0 Å². The zero-order chi connectivity index (χ0) is 25.6. The number of ether oxygens (including phenoxy) is 2. The van der Waals surface area contributed by atoms with Crippen molar-refractivity contribution in [3.8, 4) is 34.0 Å². The van der Waals surface area contributed by atoms with E-state index in [1.165, 1.54) is 13.8 Å². The Morgan fingerprint density at radius 1 is 1.00 bits per heavy atom. The van der Waals surface area contributed by atoms with E-state index in [0.717, 1.165) is 5.56 Å². The molecule has 0 fully saturated rings. The normalized spacial score (nSPS) is 15.5. The summed E-state index contributed by atoms with van der Waals surface area (Å²) in [6.45, 7) is 5.67. The second-order valence-electron chi connectivity index (χ2n) is 8.44. The van der Waals surface area contributed by atoms with Gasteiger partial charge in [0, 0.05) is 18.0 Å². The number of rotatable bonds is 10. The van der Waals surface area contributed by atoms with Gasteiger partial charge < -0.3 is 9.47 Å². The fourth-order valence-corrected chi connectivity index (χ4v) is 3.28. The van der Waals surface area contributed by atoms with Crippen molar-refractivity contribution in [3.05, 3.63) is 60.9 Å². The molecule has 8 heteroatoms. The summed E-state index contributed by atoms with van der Waals surface area (Å²) in [6.07, 6.45) is -0.772. The topological polar surface area (TPSA) is 61.3 Å². The first-order valence-electron chi connectivity index (χ1n) is 11.5. The predicted molar refractivity (Wildman–Crippen MR) is 129 cm³/mol. The first kappa shape index (κ1) is 26.2. The molecule has 0 bridgehead atoms. The third-order valence-electron chi connectivity index (χ3n) is 5.74. The average Bonchev–Trinajstić information content (AvgIpc) is 2.87. The fourth-order valence-electron chi connectivity index (χ4n) is 3.28. The highest BCUT2D eigenvalue weighted by Crippen LogP contribution is 2.31. The van der Waals surface area contributed by atoms with Crippen molar-refractivity contribution in [2.75, 3.05) is 0 Å². The van der Waals surface area contributed by atoms with Gasteiger partial charge in [0.1, 0.15) is 23.8 Å². The Morgan fingerprint density at radius 2 is 1.63 bits per heavy atom. The molecule has 0 amide bonds. The van der Waals surface area contributed by atoms with Crippen LogP contribution in [0.1, 0.15) is 40.5 Å². The monoisotopic (exact) mass is 486 g/mol. The predicted octanol–water partition coefficient (Wildman–Crippen LogP) is 6.71. The van der Waals surface area contributed by atoms with Gasteiger partial charge in [0.2, 0.25) is 5.67 Å². The molecule has 0 radical (unpaired) electrons. The van der Waals surface area contributed by atoms with Crippen molar-refractivity contribution in [2.45, 2.75) is 64.7 Å². The second-order valence-corrected chi connectivity index (χ2v) is 8.44. The molecular formula is C27H29F3N2O3. The average molecular weight is 487 g/mol. The molecule has 2 aromatic carbocycles.